The number of benzene rings is 1. The summed E-state index contributed by atoms with van der Waals surface area (Å²) in [5.74, 6) is -0.156. The van der Waals surface area contributed by atoms with Gasteiger partial charge in [-0.2, -0.15) is 5.10 Å². The number of nitrogens with one attached hydrogen (secondary N) is 2. The number of carbonyl (C=O) groups is 1. The van der Waals surface area contributed by atoms with E-state index in [4.69, 9.17) is 0 Å². The van der Waals surface area contributed by atoms with Crippen molar-refractivity contribution in [3.63, 3.8) is 0 Å². The van der Waals surface area contributed by atoms with Gasteiger partial charge in [-0.1, -0.05) is 28.9 Å². The van der Waals surface area contributed by atoms with Crippen LogP contribution in [-0.4, -0.2) is 35.3 Å². The quantitative estimate of drug-likeness (QED) is 0.765. The molecule has 1 aromatic carbocycles. The Balaban J connectivity index is 0.00000220. The summed E-state index contributed by atoms with van der Waals surface area (Å²) in [5, 5.41) is 10.3. The van der Waals surface area contributed by atoms with Gasteiger partial charge in [0.05, 0.1) is 5.69 Å². The van der Waals surface area contributed by atoms with Crippen LogP contribution >= 0.6 is 28.3 Å². The van der Waals surface area contributed by atoms with Gasteiger partial charge in [0.25, 0.3) is 5.91 Å². The lowest BCUT2D eigenvalue weighted by molar-refractivity contribution is 0.0948. The third-order valence-corrected chi connectivity index (χ3v) is 3.23. The van der Waals surface area contributed by atoms with E-state index >= 15 is 0 Å². The minimum Gasteiger partial charge on any atom is -0.349 e. The lowest BCUT2D eigenvalue weighted by Gasteiger charge is -2.04. The van der Waals surface area contributed by atoms with Gasteiger partial charge in [0.15, 0.2) is 5.69 Å². The molecule has 0 saturated heterocycles. The maximum absolute atomic E-state index is 11.9. The highest BCUT2D eigenvalue weighted by Gasteiger charge is 2.09. The standard InChI is InChI=1S/C14H17BrN4O.ClH/c1-2-16-7-8-17-14(20)13-6-9-19(18-13)12-5-3-4-11(15)10-12;/h3-6,9-10,16H,2,7-8H2,1H3,(H,17,20);1H. The molecule has 1 heterocycles. The number of nitrogens with zero attached hydrogens (tertiary/aromatic N) is 2. The zero-order valence-corrected chi connectivity index (χ0v) is 14.1. The van der Waals surface area contributed by atoms with E-state index in [1.54, 1.807) is 16.9 Å². The summed E-state index contributed by atoms with van der Waals surface area (Å²) >= 11 is 3.42. The van der Waals surface area contributed by atoms with E-state index in [1.165, 1.54) is 0 Å². The third kappa shape index (κ3) is 5.15. The molecule has 0 aliphatic heterocycles. The monoisotopic (exact) mass is 372 g/mol. The first-order chi connectivity index (χ1) is 9.70. The number of hydrogen-bond acceptors (Lipinski definition) is 3. The molecule has 0 aliphatic rings. The van der Waals surface area contributed by atoms with Crippen molar-refractivity contribution in [2.24, 2.45) is 0 Å². The van der Waals surface area contributed by atoms with Crippen LogP contribution < -0.4 is 10.6 Å². The van der Waals surface area contributed by atoms with Crippen molar-refractivity contribution in [3.8, 4) is 5.69 Å². The fourth-order valence-electron chi connectivity index (χ4n) is 1.74. The van der Waals surface area contributed by atoms with Crippen molar-refractivity contribution in [1.82, 2.24) is 20.4 Å². The van der Waals surface area contributed by atoms with E-state index in [0.717, 1.165) is 23.2 Å². The van der Waals surface area contributed by atoms with E-state index in [9.17, 15) is 4.79 Å². The van der Waals surface area contributed by atoms with Crippen LogP contribution in [0.25, 0.3) is 5.69 Å². The summed E-state index contributed by atoms with van der Waals surface area (Å²) in [5.41, 5.74) is 1.33. The van der Waals surface area contributed by atoms with Crippen molar-refractivity contribution in [1.29, 1.82) is 0 Å². The second kappa shape index (κ2) is 8.81. The van der Waals surface area contributed by atoms with Crippen LogP contribution in [-0.2, 0) is 0 Å². The zero-order chi connectivity index (χ0) is 14.4. The fourth-order valence-corrected chi connectivity index (χ4v) is 2.13. The largest absolute Gasteiger partial charge is 0.349 e. The molecule has 2 aromatic rings. The smallest absolute Gasteiger partial charge is 0.271 e. The molecule has 2 N–H and O–H groups in total. The first kappa shape index (κ1) is 17.7. The minimum absolute atomic E-state index is 0. The fraction of sp³-hybridized carbons (Fsp3) is 0.286. The second-order valence-corrected chi connectivity index (χ2v) is 5.15. The second-order valence-electron chi connectivity index (χ2n) is 4.23. The summed E-state index contributed by atoms with van der Waals surface area (Å²) in [4.78, 5) is 11.9. The average molecular weight is 374 g/mol. The van der Waals surface area contributed by atoms with E-state index in [2.05, 4.69) is 31.7 Å². The maximum Gasteiger partial charge on any atom is 0.271 e. The van der Waals surface area contributed by atoms with Gasteiger partial charge in [-0.25, -0.2) is 4.68 Å². The maximum atomic E-state index is 11.9. The van der Waals surface area contributed by atoms with Gasteiger partial charge in [-0.15, -0.1) is 12.4 Å². The summed E-state index contributed by atoms with van der Waals surface area (Å²) in [6, 6.07) is 9.46. The number of rotatable bonds is 6. The van der Waals surface area contributed by atoms with Gasteiger partial charge in [-0.05, 0) is 30.8 Å². The summed E-state index contributed by atoms with van der Waals surface area (Å²) in [6.07, 6.45) is 1.78. The summed E-state index contributed by atoms with van der Waals surface area (Å²) in [6.45, 7) is 4.28. The van der Waals surface area contributed by atoms with Gasteiger partial charge in [0.1, 0.15) is 0 Å². The first-order valence-electron chi connectivity index (χ1n) is 6.51. The number of hydrogen-bond donors (Lipinski definition) is 2. The summed E-state index contributed by atoms with van der Waals surface area (Å²) < 4.78 is 2.66. The molecule has 1 amide bonds. The Labute approximate surface area is 138 Å². The van der Waals surface area contributed by atoms with Gasteiger partial charge in [-0.3, -0.25) is 4.79 Å². The molecule has 5 nitrogen and oxygen atoms in total. The number of halogens is 2. The molecule has 2 rings (SSSR count). The Morgan fingerprint density at radius 1 is 1.33 bits per heavy atom. The zero-order valence-electron chi connectivity index (χ0n) is 11.7. The van der Waals surface area contributed by atoms with E-state index in [-0.39, 0.29) is 18.3 Å². The van der Waals surface area contributed by atoms with Crippen molar-refractivity contribution < 1.29 is 4.79 Å². The summed E-state index contributed by atoms with van der Waals surface area (Å²) in [7, 11) is 0. The number of aromatic nitrogens is 2. The highest BCUT2D eigenvalue weighted by atomic mass is 79.9. The number of likely N-dealkylation sites (N-methyl/N-ethyl adjacent to an activating group) is 1. The van der Waals surface area contributed by atoms with Crippen LogP contribution in [0, 0.1) is 0 Å². The highest BCUT2D eigenvalue weighted by molar-refractivity contribution is 9.10. The molecule has 0 spiro atoms. The molecule has 0 atom stereocenters. The average Bonchev–Trinajstić information content (AvgIpc) is 2.93. The predicted octanol–water partition coefficient (Wildman–Crippen LogP) is 2.40. The van der Waals surface area contributed by atoms with Crippen LogP contribution in [0.3, 0.4) is 0 Å². The molecule has 0 radical (unpaired) electrons. The number of amides is 1. The Morgan fingerprint density at radius 2 is 2.14 bits per heavy atom. The predicted molar refractivity (Wildman–Crippen MR) is 89.4 cm³/mol. The van der Waals surface area contributed by atoms with Crippen LogP contribution in [0.4, 0.5) is 0 Å². The SMILES string of the molecule is CCNCCNC(=O)c1ccn(-c2cccc(Br)c2)n1.Cl. The lowest BCUT2D eigenvalue weighted by atomic mass is 10.3. The molecule has 1 aromatic heterocycles. The molecule has 21 heavy (non-hydrogen) atoms. The molecular weight excluding hydrogens is 356 g/mol. The normalized spacial score (nSPS) is 10.0. The van der Waals surface area contributed by atoms with Crippen molar-refractivity contribution in [2.45, 2.75) is 6.92 Å². The molecule has 114 valence electrons. The van der Waals surface area contributed by atoms with E-state index < -0.39 is 0 Å². The van der Waals surface area contributed by atoms with Crippen molar-refractivity contribution in [2.75, 3.05) is 19.6 Å². The van der Waals surface area contributed by atoms with Gasteiger partial charge in [0, 0.05) is 23.8 Å². The number of carbonyl (C=O) groups excluding carboxylic acids is 1. The highest BCUT2D eigenvalue weighted by Crippen LogP contribution is 2.14. The lowest BCUT2D eigenvalue weighted by Crippen LogP contribution is -2.32. The molecule has 0 unspecified atom stereocenters. The van der Waals surface area contributed by atoms with Crippen molar-refractivity contribution in [3.05, 3.63) is 46.7 Å². The van der Waals surface area contributed by atoms with Crippen LogP contribution in [0.2, 0.25) is 0 Å². The molecule has 0 bridgehead atoms. The third-order valence-electron chi connectivity index (χ3n) is 2.73. The molecule has 7 heteroatoms. The first-order valence-corrected chi connectivity index (χ1v) is 7.30. The van der Waals surface area contributed by atoms with E-state index in [0.29, 0.717) is 12.2 Å². The topological polar surface area (TPSA) is 58.9 Å². The Bertz CT molecular complexity index is 588. The molecule has 0 saturated carbocycles. The molecule has 0 fully saturated rings. The Hall–Kier alpha value is -1.37. The van der Waals surface area contributed by atoms with E-state index in [1.807, 2.05) is 31.2 Å². The molecular formula is C14H18BrClN4O. The van der Waals surface area contributed by atoms with Crippen LogP contribution in [0.1, 0.15) is 17.4 Å². The minimum atomic E-state index is -0.156. The van der Waals surface area contributed by atoms with Crippen LogP contribution in [0.5, 0.6) is 0 Å². The Kier molecular flexibility index (Phi) is 7.42. The van der Waals surface area contributed by atoms with Gasteiger partial charge in [0.2, 0.25) is 0 Å². The van der Waals surface area contributed by atoms with Gasteiger partial charge >= 0.3 is 0 Å². The van der Waals surface area contributed by atoms with Crippen molar-refractivity contribution >= 4 is 34.2 Å². The molecule has 0 aliphatic carbocycles. The van der Waals surface area contributed by atoms with Gasteiger partial charge < -0.3 is 10.6 Å². The Morgan fingerprint density at radius 3 is 2.86 bits per heavy atom. The van der Waals surface area contributed by atoms with Crippen LogP contribution in [0.15, 0.2) is 41.0 Å².